The highest BCUT2D eigenvalue weighted by Crippen LogP contribution is 2.35. The minimum Gasteiger partial charge on any atom is -0.493 e. The van der Waals surface area contributed by atoms with Crippen LogP contribution in [0.2, 0.25) is 0 Å². The van der Waals surface area contributed by atoms with Gasteiger partial charge in [-0.15, -0.1) is 0 Å². The van der Waals surface area contributed by atoms with E-state index in [4.69, 9.17) is 9.47 Å². The fourth-order valence-electron chi connectivity index (χ4n) is 4.19. The summed E-state index contributed by atoms with van der Waals surface area (Å²) in [6, 6.07) is 21.4. The van der Waals surface area contributed by atoms with Gasteiger partial charge in [0.05, 0.1) is 19.2 Å². The van der Waals surface area contributed by atoms with E-state index in [-0.39, 0.29) is 0 Å². The summed E-state index contributed by atoms with van der Waals surface area (Å²) in [4.78, 5) is 11.3. The van der Waals surface area contributed by atoms with Crippen LogP contribution in [0.4, 0.5) is 11.5 Å². The second-order valence-corrected chi connectivity index (χ2v) is 8.50. The Kier molecular flexibility index (Phi) is 7.07. The standard InChI is InChI=1S/C29H28N4O2/c1-34-28-20-23(13-15-27(28)35-24-10-4-2-5-11-24)32-29-25-19-22(12-14-26(25)30-21-31-29)9-8-18-33-16-6-3-7-17-33/h2,4-5,10-15,19-21H,3,6-7,16-18H2,1H3,(H,30,31,32). The number of ether oxygens (including phenoxy) is 2. The molecule has 2 heterocycles. The molecule has 5 rings (SSSR count). The third kappa shape index (κ3) is 5.71. The number of nitrogens with zero attached hydrogens (tertiary/aromatic N) is 3. The van der Waals surface area contributed by atoms with Gasteiger partial charge >= 0.3 is 0 Å². The molecule has 0 spiro atoms. The Hall–Kier alpha value is -4.08. The van der Waals surface area contributed by atoms with E-state index in [1.807, 2.05) is 66.7 Å². The Morgan fingerprint density at radius 1 is 0.914 bits per heavy atom. The predicted molar refractivity (Wildman–Crippen MR) is 139 cm³/mol. The Morgan fingerprint density at radius 3 is 2.60 bits per heavy atom. The first-order valence-electron chi connectivity index (χ1n) is 11.9. The van der Waals surface area contributed by atoms with Gasteiger partial charge in [0.2, 0.25) is 0 Å². The first-order valence-corrected chi connectivity index (χ1v) is 11.9. The number of methoxy groups -OCH3 is 1. The molecule has 1 aliphatic heterocycles. The van der Waals surface area contributed by atoms with Crippen LogP contribution in [0.25, 0.3) is 10.9 Å². The number of piperidine rings is 1. The fourth-order valence-corrected chi connectivity index (χ4v) is 4.19. The molecule has 0 aliphatic carbocycles. The third-order valence-electron chi connectivity index (χ3n) is 6.02. The molecule has 0 radical (unpaired) electrons. The Balaban J connectivity index is 1.36. The van der Waals surface area contributed by atoms with Crippen LogP contribution in [0.1, 0.15) is 24.8 Å². The number of rotatable bonds is 6. The van der Waals surface area contributed by atoms with Crippen LogP contribution in [-0.4, -0.2) is 41.6 Å². The molecule has 1 aromatic heterocycles. The molecule has 6 nitrogen and oxygen atoms in total. The van der Waals surface area contributed by atoms with Crippen LogP contribution in [0.3, 0.4) is 0 Å². The summed E-state index contributed by atoms with van der Waals surface area (Å²) in [6.07, 6.45) is 5.44. The summed E-state index contributed by atoms with van der Waals surface area (Å²) in [6.45, 7) is 3.10. The number of hydrogen-bond donors (Lipinski definition) is 1. The van der Waals surface area contributed by atoms with Gasteiger partial charge in [-0.2, -0.15) is 0 Å². The second kappa shape index (κ2) is 10.9. The van der Waals surface area contributed by atoms with E-state index >= 15 is 0 Å². The van der Waals surface area contributed by atoms with Gasteiger partial charge in [0.25, 0.3) is 0 Å². The number of fused-ring (bicyclic) bond motifs is 1. The average molecular weight is 465 g/mol. The number of likely N-dealkylation sites (tertiary alicyclic amines) is 1. The topological polar surface area (TPSA) is 59.5 Å². The molecule has 0 saturated carbocycles. The molecular formula is C29H28N4O2. The molecule has 0 unspecified atom stereocenters. The number of nitrogens with one attached hydrogen (secondary N) is 1. The molecule has 0 atom stereocenters. The van der Waals surface area contributed by atoms with E-state index in [1.165, 1.54) is 19.3 Å². The molecule has 1 aliphatic rings. The molecule has 0 amide bonds. The maximum absolute atomic E-state index is 5.98. The van der Waals surface area contributed by atoms with Crippen molar-refractivity contribution in [3.05, 3.63) is 78.6 Å². The lowest BCUT2D eigenvalue weighted by molar-refractivity contribution is 0.255. The molecule has 176 valence electrons. The summed E-state index contributed by atoms with van der Waals surface area (Å²) < 4.78 is 11.6. The van der Waals surface area contributed by atoms with Crippen LogP contribution in [-0.2, 0) is 0 Å². The number of aromatic nitrogens is 2. The van der Waals surface area contributed by atoms with Crippen molar-refractivity contribution in [2.24, 2.45) is 0 Å². The van der Waals surface area contributed by atoms with Crippen molar-refractivity contribution in [3.63, 3.8) is 0 Å². The van der Waals surface area contributed by atoms with Crippen molar-refractivity contribution in [1.29, 1.82) is 0 Å². The molecule has 1 N–H and O–H groups in total. The van der Waals surface area contributed by atoms with Gasteiger partial charge in [0, 0.05) is 22.7 Å². The molecule has 1 saturated heterocycles. The Morgan fingerprint density at radius 2 is 1.77 bits per heavy atom. The van der Waals surface area contributed by atoms with Gasteiger partial charge in [-0.25, -0.2) is 9.97 Å². The zero-order valence-electron chi connectivity index (χ0n) is 19.8. The van der Waals surface area contributed by atoms with Gasteiger partial charge in [-0.1, -0.05) is 36.5 Å². The van der Waals surface area contributed by atoms with Crippen molar-refractivity contribution in [1.82, 2.24) is 14.9 Å². The quantitative estimate of drug-likeness (QED) is 0.353. The van der Waals surface area contributed by atoms with Crippen molar-refractivity contribution >= 4 is 22.4 Å². The first-order chi connectivity index (χ1) is 17.3. The molecule has 0 bridgehead atoms. The molecule has 1 fully saturated rings. The maximum atomic E-state index is 5.98. The lowest BCUT2D eigenvalue weighted by Gasteiger charge is -2.23. The van der Waals surface area contributed by atoms with Gasteiger partial charge < -0.3 is 14.8 Å². The largest absolute Gasteiger partial charge is 0.493 e. The van der Waals surface area contributed by atoms with E-state index in [1.54, 1.807) is 13.4 Å². The number of anilines is 2. The number of benzene rings is 3. The van der Waals surface area contributed by atoms with Crippen molar-refractivity contribution < 1.29 is 9.47 Å². The van der Waals surface area contributed by atoms with Gasteiger partial charge in [-0.3, -0.25) is 4.90 Å². The van der Waals surface area contributed by atoms with Crippen molar-refractivity contribution in [2.45, 2.75) is 19.3 Å². The summed E-state index contributed by atoms with van der Waals surface area (Å²) >= 11 is 0. The molecule has 35 heavy (non-hydrogen) atoms. The maximum Gasteiger partial charge on any atom is 0.169 e. The van der Waals surface area contributed by atoms with Gasteiger partial charge in [0.15, 0.2) is 11.5 Å². The zero-order valence-corrected chi connectivity index (χ0v) is 19.8. The van der Waals surface area contributed by atoms with Crippen LogP contribution < -0.4 is 14.8 Å². The summed E-state index contributed by atoms with van der Waals surface area (Å²) in [5, 5.41) is 4.32. The van der Waals surface area contributed by atoms with Crippen LogP contribution in [0, 0.1) is 11.8 Å². The normalized spacial score (nSPS) is 13.6. The molecular weight excluding hydrogens is 436 g/mol. The van der Waals surface area contributed by atoms with E-state index in [0.717, 1.165) is 47.5 Å². The molecule has 3 aromatic carbocycles. The minimum absolute atomic E-state index is 0.626. The smallest absolute Gasteiger partial charge is 0.169 e. The average Bonchev–Trinajstić information content (AvgIpc) is 2.91. The van der Waals surface area contributed by atoms with E-state index in [9.17, 15) is 0 Å². The highest BCUT2D eigenvalue weighted by molar-refractivity contribution is 5.91. The van der Waals surface area contributed by atoms with E-state index in [0.29, 0.717) is 17.3 Å². The molecule has 4 aromatic rings. The summed E-state index contributed by atoms with van der Waals surface area (Å²) in [7, 11) is 1.63. The first kappa shape index (κ1) is 22.7. The van der Waals surface area contributed by atoms with Gasteiger partial charge in [0.1, 0.15) is 17.9 Å². The SMILES string of the molecule is COc1cc(Nc2ncnc3ccc(C#CCN4CCCCC4)cc23)ccc1Oc1ccccc1. The highest BCUT2D eigenvalue weighted by atomic mass is 16.5. The van der Waals surface area contributed by atoms with Crippen molar-refractivity contribution in [3.8, 4) is 29.1 Å². The van der Waals surface area contributed by atoms with Gasteiger partial charge in [-0.05, 0) is 68.4 Å². The Bertz CT molecular complexity index is 1360. The lowest BCUT2D eigenvalue weighted by Crippen LogP contribution is -2.29. The minimum atomic E-state index is 0.626. The lowest BCUT2D eigenvalue weighted by atomic mass is 10.1. The van der Waals surface area contributed by atoms with Crippen LogP contribution in [0.5, 0.6) is 17.2 Å². The summed E-state index contributed by atoms with van der Waals surface area (Å²) in [5.41, 5.74) is 2.65. The second-order valence-electron chi connectivity index (χ2n) is 8.50. The predicted octanol–water partition coefficient (Wildman–Crippen LogP) is 6.01. The highest BCUT2D eigenvalue weighted by Gasteiger charge is 2.10. The third-order valence-corrected chi connectivity index (χ3v) is 6.02. The van der Waals surface area contributed by atoms with E-state index < -0.39 is 0 Å². The number of hydrogen-bond acceptors (Lipinski definition) is 6. The van der Waals surface area contributed by atoms with Crippen LogP contribution in [0.15, 0.2) is 73.1 Å². The monoisotopic (exact) mass is 464 g/mol. The van der Waals surface area contributed by atoms with Crippen molar-refractivity contribution in [2.75, 3.05) is 32.1 Å². The van der Waals surface area contributed by atoms with E-state index in [2.05, 4.69) is 32.0 Å². The summed E-state index contributed by atoms with van der Waals surface area (Å²) in [5.74, 6) is 9.38. The molecule has 6 heteroatoms. The zero-order chi connectivity index (χ0) is 23.9. The number of para-hydroxylation sites is 1. The Labute approximate surface area is 205 Å². The fraction of sp³-hybridized carbons (Fsp3) is 0.241. The van der Waals surface area contributed by atoms with Crippen LogP contribution >= 0.6 is 0 Å².